The molecule has 0 atom stereocenters. The standard InChI is InChI=1S/C10H13FN2OS/c1-12-10(14)13-6-7-8(11)4-3-5-9(7)15-2/h3-5H,6H2,1-2H3,(H2,12,13,14). The van der Waals surface area contributed by atoms with Crippen LogP contribution in [-0.2, 0) is 6.54 Å². The maximum absolute atomic E-state index is 13.4. The molecule has 15 heavy (non-hydrogen) atoms. The Bertz CT molecular complexity index is 357. The van der Waals surface area contributed by atoms with E-state index >= 15 is 0 Å². The third-order valence-electron chi connectivity index (χ3n) is 1.95. The van der Waals surface area contributed by atoms with E-state index in [1.54, 1.807) is 6.07 Å². The third kappa shape index (κ3) is 3.13. The molecule has 5 heteroatoms. The minimum Gasteiger partial charge on any atom is -0.341 e. The zero-order valence-electron chi connectivity index (χ0n) is 8.63. The average molecular weight is 228 g/mol. The maximum atomic E-state index is 13.4. The summed E-state index contributed by atoms with van der Waals surface area (Å²) in [6.07, 6.45) is 1.87. The van der Waals surface area contributed by atoms with Gasteiger partial charge in [-0.3, -0.25) is 0 Å². The number of hydrogen-bond donors (Lipinski definition) is 2. The van der Waals surface area contributed by atoms with E-state index in [1.807, 2.05) is 12.3 Å². The Balaban J connectivity index is 2.78. The van der Waals surface area contributed by atoms with E-state index in [4.69, 9.17) is 0 Å². The molecule has 1 aromatic carbocycles. The van der Waals surface area contributed by atoms with Gasteiger partial charge in [0.1, 0.15) is 5.82 Å². The number of thioether (sulfide) groups is 1. The number of rotatable bonds is 3. The van der Waals surface area contributed by atoms with Gasteiger partial charge < -0.3 is 10.6 Å². The first kappa shape index (κ1) is 11.8. The number of urea groups is 1. The number of carbonyl (C=O) groups excluding carboxylic acids is 1. The van der Waals surface area contributed by atoms with Gasteiger partial charge in [0, 0.05) is 24.1 Å². The van der Waals surface area contributed by atoms with Gasteiger partial charge in [0.25, 0.3) is 0 Å². The Morgan fingerprint density at radius 3 is 2.87 bits per heavy atom. The van der Waals surface area contributed by atoms with Crippen molar-refractivity contribution in [2.45, 2.75) is 11.4 Å². The fourth-order valence-corrected chi connectivity index (χ4v) is 1.79. The van der Waals surface area contributed by atoms with Crippen molar-refractivity contribution in [3.63, 3.8) is 0 Å². The average Bonchev–Trinajstić information content (AvgIpc) is 2.26. The van der Waals surface area contributed by atoms with E-state index < -0.39 is 0 Å². The van der Waals surface area contributed by atoms with E-state index in [1.165, 1.54) is 24.9 Å². The summed E-state index contributed by atoms with van der Waals surface area (Å²) in [7, 11) is 1.52. The van der Waals surface area contributed by atoms with Crippen LogP contribution in [0.5, 0.6) is 0 Å². The molecule has 0 bridgehead atoms. The molecule has 0 fully saturated rings. The fraction of sp³-hybridized carbons (Fsp3) is 0.300. The molecule has 0 spiro atoms. The summed E-state index contributed by atoms with van der Waals surface area (Å²) in [5, 5.41) is 4.97. The van der Waals surface area contributed by atoms with Gasteiger partial charge in [0.05, 0.1) is 0 Å². The molecule has 2 N–H and O–H groups in total. The van der Waals surface area contributed by atoms with Crippen LogP contribution in [0.2, 0.25) is 0 Å². The summed E-state index contributed by atoms with van der Waals surface area (Å²) in [4.78, 5) is 11.8. The molecule has 0 radical (unpaired) electrons. The summed E-state index contributed by atoms with van der Waals surface area (Å²) >= 11 is 1.46. The molecule has 0 saturated heterocycles. The third-order valence-corrected chi connectivity index (χ3v) is 2.77. The molecule has 0 aliphatic carbocycles. The van der Waals surface area contributed by atoms with Gasteiger partial charge in [0.2, 0.25) is 0 Å². The first-order valence-electron chi connectivity index (χ1n) is 4.46. The molecule has 0 aliphatic heterocycles. The maximum Gasteiger partial charge on any atom is 0.314 e. The molecule has 0 saturated carbocycles. The monoisotopic (exact) mass is 228 g/mol. The molecule has 82 valence electrons. The van der Waals surface area contributed by atoms with Gasteiger partial charge in [-0.25, -0.2) is 9.18 Å². The lowest BCUT2D eigenvalue weighted by atomic mass is 10.2. The van der Waals surface area contributed by atoms with E-state index in [-0.39, 0.29) is 18.4 Å². The van der Waals surface area contributed by atoms with Gasteiger partial charge in [-0.1, -0.05) is 6.07 Å². The Labute approximate surface area is 92.4 Å². The van der Waals surface area contributed by atoms with Crippen LogP contribution in [0, 0.1) is 5.82 Å². The van der Waals surface area contributed by atoms with Crippen molar-refractivity contribution in [1.82, 2.24) is 10.6 Å². The number of nitrogens with one attached hydrogen (secondary N) is 2. The first-order chi connectivity index (χ1) is 7.19. The highest BCUT2D eigenvalue weighted by molar-refractivity contribution is 7.98. The van der Waals surface area contributed by atoms with Crippen LogP contribution in [-0.4, -0.2) is 19.3 Å². The minimum absolute atomic E-state index is 0.197. The van der Waals surface area contributed by atoms with Crippen LogP contribution >= 0.6 is 11.8 Å². The first-order valence-corrected chi connectivity index (χ1v) is 5.68. The molecule has 3 nitrogen and oxygen atoms in total. The Morgan fingerprint density at radius 2 is 2.27 bits per heavy atom. The highest BCUT2D eigenvalue weighted by Crippen LogP contribution is 2.22. The summed E-state index contributed by atoms with van der Waals surface area (Å²) in [5.74, 6) is -0.293. The van der Waals surface area contributed by atoms with Gasteiger partial charge in [-0.2, -0.15) is 0 Å². The normalized spacial score (nSPS) is 9.80. The van der Waals surface area contributed by atoms with Crippen molar-refractivity contribution in [3.8, 4) is 0 Å². The van der Waals surface area contributed by atoms with Crippen molar-refractivity contribution in [3.05, 3.63) is 29.6 Å². The number of amides is 2. The van der Waals surface area contributed by atoms with Crippen molar-refractivity contribution >= 4 is 17.8 Å². The zero-order valence-corrected chi connectivity index (χ0v) is 9.45. The lowest BCUT2D eigenvalue weighted by Gasteiger charge is -2.09. The van der Waals surface area contributed by atoms with E-state index in [9.17, 15) is 9.18 Å². The van der Waals surface area contributed by atoms with Crippen molar-refractivity contribution < 1.29 is 9.18 Å². The Kier molecular flexibility index (Phi) is 4.42. The van der Waals surface area contributed by atoms with Crippen LogP contribution in [0.3, 0.4) is 0 Å². The van der Waals surface area contributed by atoms with E-state index in [0.717, 1.165) is 4.90 Å². The number of halogens is 1. The second kappa shape index (κ2) is 5.60. The quantitative estimate of drug-likeness (QED) is 0.777. The fourth-order valence-electron chi connectivity index (χ4n) is 1.16. The van der Waals surface area contributed by atoms with Gasteiger partial charge in [-0.15, -0.1) is 11.8 Å². The molecular formula is C10H13FN2OS. The molecule has 0 unspecified atom stereocenters. The summed E-state index contributed by atoms with van der Waals surface area (Å²) < 4.78 is 13.4. The number of hydrogen-bond acceptors (Lipinski definition) is 2. The zero-order chi connectivity index (χ0) is 11.3. The predicted molar refractivity (Wildman–Crippen MR) is 59.5 cm³/mol. The topological polar surface area (TPSA) is 41.1 Å². The van der Waals surface area contributed by atoms with Crippen LogP contribution in [0.25, 0.3) is 0 Å². The predicted octanol–water partition coefficient (Wildman–Crippen LogP) is 1.98. The largest absolute Gasteiger partial charge is 0.341 e. The highest BCUT2D eigenvalue weighted by atomic mass is 32.2. The van der Waals surface area contributed by atoms with Crippen molar-refractivity contribution in [2.24, 2.45) is 0 Å². The molecular weight excluding hydrogens is 215 g/mol. The summed E-state index contributed by atoms with van der Waals surface area (Å²) in [6.45, 7) is 0.197. The van der Waals surface area contributed by atoms with Crippen LogP contribution in [0.1, 0.15) is 5.56 Å². The minimum atomic E-state index is -0.315. The molecule has 1 aromatic rings. The number of benzene rings is 1. The van der Waals surface area contributed by atoms with Gasteiger partial charge in [0.15, 0.2) is 0 Å². The van der Waals surface area contributed by atoms with Gasteiger partial charge in [-0.05, 0) is 18.4 Å². The SMILES string of the molecule is CNC(=O)NCc1c(F)cccc1SC. The van der Waals surface area contributed by atoms with Crippen LogP contribution < -0.4 is 10.6 Å². The Morgan fingerprint density at radius 1 is 1.53 bits per heavy atom. The van der Waals surface area contributed by atoms with Crippen LogP contribution in [0.15, 0.2) is 23.1 Å². The lowest BCUT2D eigenvalue weighted by molar-refractivity contribution is 0.242. The van der Waals surface area contributed by atoms with Gasteiger partial charge >= 0.3 is 6.03 Å². The second-order valence-electron chi connectivity index (χ2n) is 2.85. The summed E-state index contributed by atoms with van der Waals surface area (Å²) in [6, 6.07) is 4.56. The van der Waals surface area contributed by atoms with Crippen LogP contribution in [0.4, 0.5) is 9.18 Å². The molecule has 1 rings (SSSR count). The molecule has 0 aromatic heterocycles. The molecule has 0 heterocycles. The lowest BCUT2D eigenvalue weighted by Crippen LogP contribution is -2.32. The summed E-state index contributed by atoms with van der Waals surface area (Å²) in [5.41, 5.74) is 0.522. The van der Waals surface area contributed by atoms with Crippen molar-refractivity contribution in [2.75, 3.05) is 13.3 Å². The van der Waals surface area contributed by atoms with E-state index in [2.05, 4.69) is 10.6 Å². The number of carbonyl (C=O) groups is 1. The molecule has 0 aliphatic rings. The Hall–Kier alpha value is -1.23. The second-order valence-corrected chi connectivity index (χ2v) is 3.70. The molecule has 2 amide bonds. The van der Waals surface area contributed by atoms with Crippen molar-refractivity contribution in [1.29, 1.82) is 0 Å². The highest BCUT2D eigenvalue weighted by Gasteiger charge is 2.08. The smallest absolute Gasteiger partial charge is 0.314 e. The van der Waals surface area contributed by atoms with E-state index in [0.29, 0.717) is 5.56 Å².